The highest BCUT2D eigenvalue weighted by atomic mass is 79.9. The van der Waals surface area contributed by atoms with E-state index in [1.807, 2.05) is 25.1 Å². The van der Waals surface area contributed by atoms with Crippen molar-refractivity contribution in [2.45, 2.75) is 32.6 Å². The number of fused-ring (bicyclic) bond motifs is 1. The number of ether oxygens (including phenoxy) is 1. The topological polar surface area (TPSA) is 62.1 Å². The molecule has 0 bridgehead atoms. The van der Waals surface area contributed by atoms with Crippen molar-refractivity contribution < 1.29 is 9.53 Å². The highest BCUT2D eigenvalue weighted by Crippen LogP contribution is 2.37. The van der Waals surface area contributed by atoms with E-state index in [-0.39, 0.29) is 12.5 Å². The quantitative estimate of drug-likeness (QED) is 0.810. The Morgan fingerprint density at radius 2 is 2.21 bits per heavy atom. The third kappa shape index (κ3) is 3.63. The first-order valence-electron chi connectivity index (χ1n) is 7.82. The van der Waals surface area contributed by atoms with Crippen LogP contribution < -0.4 is 10.1 Å². The molecular formula is C18H17BrN2O2S. The third-order valence-electron chi connectivity index (χ3n) is 3.98. The molecule has 2 aromatic rings. The van der Waals surface area contributed by atoms with Crippen LogP contribution in [0.25, 0.3) is 0 Å². The fraction of sp³-hybridized carbons (Fsp3) is 0.333. The SMILES string of the molecule is Cc1ccc(OCC(=O)Nc2sc3c(c2C#N)CCCC3)c(Br)c1. The lowest BCUT2D eigenvalue weighted by molar-refractivity contribution is -0.118. The van der Waals surface area contributed by atoms with E-state index in [0.29, 0.717) is 16.3 Å². The van der Waals surface area contributed by atoms with E-state index in [2.05, 4.69) is 27.3 Å². The van der Waals surface area contributed by atoms with E-state index in [9.17, 15) is 10.1 Å². The summed E-state index contributed by atoms with van der Waals surface area (Å²) in [5, 5.41) is 12.9. The molecule has 0 fully saturated rings. The van der Waals surface area contributed by atoms with Gasteiger partial charge in [0, 0.05) is 4.88 Å². The lowest BCUT2D eigenvalue weighted by Crippen LogP contribution is -2.20. The second-order valence-electron chi connectivity index (χ2n) is 5.80. The molecule has 0 saturated carbocycles. The van der Waals surface area contributed by atoms with Gasteiger partial charge < -0.3 is 10.1 Å². The molecule has 1 aromatic carbocycles. The van der Waals surface area contributed by atoms with Gasteiger partial charge in [0.1, 0.15) is 16.8 Å². The van der Waals surface area contributed by atoms with E-state index < -0.39 is 0 Å². The molecule has 6 heteroatoms. The summed E-state index contributed by atoms with van der Waals surface area (Å²) in [6, 6.07) is 7.94. The Hall–Kier alpha value is -1.84. The van der Waals surface area contributed by atoms with Crippen LogP contribution in [0.15, 0.2) is 22.7 Å². The molecule has 24 heavy (non-hydrogen) atoms. The molecule has 124 valence electrons. The Bertz CT molecular complexity index is 823. The van der Waals surface area contributed by atoms with Gasteiger partial charge in [0.15, 0.2) is 6.61 Å². The fourth-order valence-electron chi connectivity index (χ4n) is 2.80. The van der Waals surface area contributed by atoms with E-state index in [4.69, 9.17) is 4.74 Å². The zero-order valence-corrected chi connectivity index (χ0v) is 15.7. The van der Waals surface area contributed by atoms with Crippen LogP contribution in [-0.2, 0) is 17.6 Å². The number of halogens is 1. The molecule has 0 radical (unpaired) electrons. The van der Waals surface area contributed by atoms with Gasteiger partial charge in [-0.2, -0.15) is 5.26 Å². The summed E-state index contributed by atoms with van der Waals surface area (Å²) in [7, 11) is 0. The van der Waals surface area contributed by atoms with Crippen molar-refractivity contribution in [3.63, 3.8) is 0 Å². The van der Waals surface area contributed by atoms with Gasteiger partial charge in [0.25, 0.3) is 5.91 Å². The first-order valence-corrected chi connectivity index (χ1v) is 9.43. The van der Waals surface area contributed by atoms with E-state index in [1.165, 1.54) is 16.2 Å². The van der Waals surface area contributed by atoms with Gasteiger partial charge in [-0.25, -0.2) is 0 Å². The van der Waals surface area contributed by atoms with Gasteiger partial charge in [-0.3, -0.25) is 4.79 Å². The summed E-state index contributed by atoms with van der Waals surface area (Å²) in [6.07, 6.45) is 4.18. The van der Waals surface area contributed by atoms with Crippen LogP contribution in [0.1, 0.15) is 34.4 Å². The molecule has 0 saturated heterocycles. The number of hydrogen-bond acceptors (Lipinski definition) is 4. The molecule has 3 rings (SSSR count). The minimum Gasteiger partial charge on any atom is -0.483 e. The number of hydrogen-bond donors (Lipinski definition) is 1. The zero-order valence-electron chi connectivity index (χ0n) is 13.3. The summed E-state index contributed by atoms with van der Waals surface area (Å²) in [5.41, 5.74) is 2.85. The molecule has 1 N–H and O–H groups in total. The number of rotatable bonds is 4. The molecule has 1 aromatic heterocycles. The molecule has 0 aliphatic heterocycles. The number of aryl methyl sites for hydroxylation is 2. The van der Waals surface area contributed by atoms with Crippen molar-refractivity contribution in [3.8, 4) is 11.8 Å². The largest absolute Gasteiger partial charge is 0.483 e. The second kappa shape index (κ2) is 7.37. The standard InChI is InChI=1S/C18H17BrN2O2S/c1-11-6-7-15(14(19)8-11)23-10-17(22)21-18-13(9-20)12-4-2-3-5-16(12)24-18/h6-8H,2-5,10H2,1H3,(H,21,22). The highest BCUT2D eigenvalue weighted by Gasteiger charge is 2.21. The normalized spacial score (nSPS) is 13.0. The van der Waals surface area contributed by atoms with Crippen LogP contribution in [0.2, 0.25) is 0 Å². The Kier molecular flexibility index (Phi) is 5.22. The smallest absolute Gasteiger partial charge is 0.262 e. The van der Waals surface area contributed by atoms with Crippen molar-refractivity contribution in [1.29, 1.82) is 5.26 Å². The first kappa shape index (κ1) is 17.0. The third-order valence-corrected chi connectivity index (χ3v) is 5.81. The van der Waals surface area contributed by atoms with Crippen LogP contribution in [-0.4, -0.2) is 12.5 Å². The summed E-state index contributed by atoms with van der Waals surface area (Å²) >= 11 is 4.95. The average molecular weight is 405 g/mol. The van der Waals surface area contributed by atoms with Gasteiger partial charge in [-0.15, -0.1) is 11.3 Å². The lowest BCUT2D eigenvalue weighted by Gasteiger charge is -2.09. The Labute approximate surface area is 153 Å². The molecule has 0 spiro atoms. The predicted octanol–water partition coefficient (Wildman–Crippen LogP) is 4.59. The number of benzene rings is 1. The predicted molar refractivity (Wildman–Crippen MR) is 98.7 cm³/mol. The van der Waals surface area contributed by atoms with E-state index in [1.54, 1.807) is 0 Å². The fourth-order valence-corrected chi connectivity index (χ4v) is 4.66. The first-order chi connectivity index (χ1) is 11.6. The van der Waals surface area contributed by atoms with Crippen LogP contribution in [0.4, 0.5) is 5.00 Å². The number of carbonyl (C=O) groups excluding carboxylic acids is 1. The molecular weight excluding hydrogens is 388 g/mol. The van der Waals surface area contributed by atoms with Gasteiger partial charge in [-0.05, 0) is 71.8 Å². The maximum Gasteiger partial charge on any atom is 0.262 e. The van der Waals surface area contributed by atoms with Crippen molar-refractivity contribution in [1.82, 2.24) is 0 Å². The monoisotopic (exact) mass is 404 g/mol. The van der Waals surface area contributed by atoms with Crippen molar-refractivity contribution >= 4 is 38.2 Å². The minimum absolute atomic E-state index is 0.0882. The Morgan fingerprint density at radius 3 is 2.96 bits per heavy atom. The molecule has 1 heterocycles. The number of thiophene rings is 1. The minimum atomic E-state index is -0.252. The average Bonchev–Trinajstić information content (AvgIpc) is 2.90. The molecule has 0 unspecified atom stereocenters. The molecule has 1 amide bonds. The molecule has 1 aliphatic rings. The van der Waals surface area contributed by atoms with Crippen molar-refractivity contribution in [3.05, 3.63) is 44.2 Å². The molecule has 0 atom stereocenters. The van der Waals surface area contributed by atoms with E-state index in [0.717, 1.165) is 41.3 Å². The Morgan fingerprint density at radius 1 is 1.42 bits per heavy atom. The van der Waals surface area contributed by atoms with Gasteiger partial charge >= 0.3 is 0 Å². The lowest BCUT2D eigenvalue weighted by atomic mass is 9.96. The number of carbonyl (C=O) groups is 1. The highest BCUT2D eigenvalue weighted by molar-refractivity contribution is 9.10. The number of anilines is 1. The molecule has 1 aliphatic carbocycles. The summed E-state index contributed by atoms with van der Waals surface area (Å²) < 4.78 is 6.38. The zero-order chi connectivity index (χ0) is 17.1. The summed E-state index contributed by atoms with van der Waals surface area (Å²) in [5.74, 6) is 0.374. The van der Waals surface area contributed by atoms with Crippen LogP contribution in [0.3, 0.4) is 0 Å². The van der Waals surface area contributed by atoms with Crippen LogP contribution in [0, 0.1) is 18.3 Å². The number of nitrogens with zero attached hydrogens (tertiary/aromatic N) is 1. The van der Waals surface area contributed by atoms with Crippen LogP contribution >= 0.6 is 27.3 Å². The van der Waals surface area contributed by atoms with Crippen molar-refractivity contribution in [2.24, 2.45) is 0 Å². The van der Waals surface area contributed by atoms with Gasteiger partial charge in [-0.1, -0.05) is 6.07 Å². The van der Waals surface area contributed by atoms with Crippen LogP contribution in [0.5, 0.6) is 5.75 Å². The summed E-state index contributed by atoms with van der Waals surface area (Å²) in [4.78, 5) is 13.4. The Balaban J connectivity index is 1.67. The number of nitriles is 1. The number of amides is 1. The van der Waals surface area contributed by atoms with E-state index >= 15 is 0 Å². The van der Waals surface area contributed by atoms with Gasteiger partial charge in [0.05, 0.1) is 10.0 Å². The maximum atomic E-state index is 12.2. The summed E-state index contributed by atoms with van der Waals surface area (Å²) in [6.45, 7) is 1.90. The molecule has 4 nitrogen and oxygen atoms in total. The second-order valence-corrected chi connectivity index (χ2v) is 7.76. The number of nitrogens with one attached hydrogen (secondary N) is 1. The van der Waals surface area contributed by atoms with Gasteiger partial charge in [0.2, 0.25) is 0 Å². The maximum absolute atomic E-state index is 12.2. The van der Waals surface area contributed by atoms with Crippen molar-refractivity contribution in [2.75, 3.05) is 11.9 Å².